The van der Waals surface area contributed by atoms with Crippen LogP contribution >= 0.6 is 0 Å². The minimum atomic E-state index is -0.491. The number of carbonyl (C=O) groups excluding carboxylic acids is 1. The van der Waals surface area contributed by atoms with Crippen LogP contribution in [-0.2, 0) is 18.2 Å². The van der Waals surface area contributed by atoms with Gasteiger partial charge in [0.15, 0.2) is 5.82 Å². The number of aryl methyl sites for hydroxylation is 2. The molecule has 0 aromatic carbocycles. The Morgan fingerprint density at radius 3 is 2.95 bits per heavy atom. The molecule has 0 amide bonds. The molecule has 2 rings (SSSR count). The summed E-state index contributed by atoms with van der Waals surface area (Å²) in [6, 6.07) is 1.52. The number of nitrogen functional groups attached to an aromatic ring is 1. The van der Waals surface area contributed by atoms with Gasteiger partial charge in [-0.2, -0.15) is 5.10 Å². The molecule has 0 aliphatic heterocycles. The highest BCUT2D eigenvalue weighted by atomic mass is 16.5. The molecule has 106 valence electrons. The van der Waals surface area contributed by atoms with Crippen LogP contribution < -0.4 is 11.1 Å². The number of pyridine rings is 1. The molecule has 0 saturated carbocycles. The van der Waals surface area contributed by atoms with E-state index >= 15 is 0 Å². The van der Waals surface area contributed by atoms with E-state index < -0.39 is 5.97 Å². The molecule has 0 unspecified atom stereocenters. The fourth-order valence-corrected chi connectivity index (χ4v) is 1.89. The van der Waals surface area contributed by atoms with Crippen LogP contribution in [0.3, 0.4) is 0 Å². The van der Waals surface area contributed by atoms with Gasteiger partial charge >= 0.3 is 5.97 Å². The number of methoxy groups -OCH3 is 1. The second-order valence-corrected chi connectivity index (χ2v) is 4.25. The van der Waals surface area contributed by atoms with Crippen molar-refractivity contribution in [2.45, 2.75) is 13.3 Å². The number of esters is 1. The summed E-state index contributed by atoms with van der Waals surface area (Å²) in [7, 11) is 3.15. The van der Waals surface area contributed by atoms with Gasteiger partial charge in [-0.15, -0.1) is 0 Å². The number of hydrogen-bond donors (Lipinski definition) is 2. The fourth-order valence-electron chi connectivity index (χ4n) is 1.89. The molecular formula is C13H17N5O2. The van der Waals surface area contributed by atoms with Gasteiger partial charge in [0.25, 0.3) is 0 Å². The fraction of sp³-hybridized carbons (Fsp3) is 0.308. The van der Waals surface area contributed by atoms with Gasteiger partial charge in [-0.25, -0.2) is 9.78 Å². The van der Waals surface area contributed by atoms with Crippen molar-refractivity contribution < 1.29 is 9.53 Å². The Bertz CT molecular complexity index is 636. The number of nitrogens with one attached hydrogen (secondary N) is 1. The number of hydrogen-bond acceptors (Lipinski definition) is 6. The quantitative estimate of drug-likeness (QED) is 0.821. The monoisotopic (exact) mass is 275 g/mol. The molecule has 0 aliphatic rings. The SMILES string of the molecule is CCc1nn(C)cc1Nc1nccc(C(=O)OC)c1N. The Morgan fingerprint density at radius 2 is 2.30 bits per heavy atom. The molecule has 2 aromatic rings. The average molecular weight is 275 g/mol. The summed E-state index contributed by atoms with van der Waals surface area (Å²) in [6.07, 6.45) is 4.12. The molecule has 0 atom stereocenters. The molecule has 0 fully saturated rings. The third-order valence-electron chi connectivity index (χ3n) is 2.89. The zero-order chi connectivity index (χ0) is 14.7. The van der Waals surface area contributed by atoms with E-state index in [0.717, 1.165) is 17.8 Å². The Hall–Kier alpha value is -2.57. The highest BCUT2D eigenvalue weighted by molar-refractivity contribution is 5.97. The van der Waals surface area contributed by atoms with Crippen molar-refractivity contribution >= 4 is 23.2 Å². The van der Waals surface area contributed by atoms with Crippen molar-refractivity contribution in [1.82, 2.24) is 14.8 Å². The molecule has 0 saturated heterocycles. The van der Waals surface area contributed by atoms with Gasteiger partial charge < -0.3 is 15.8 Å². The first kappa shape index (κ1) is 13.9. The molecule has 3 N–H and O–H groups in total. The van der Waals surface area contributed by atoms with Crippen molar-refractivity contribution in [2.75, 3.05) is 18.2 Å². The molecule has 0 radical (unpaired) electrons. The van der Waals surface area contributed by atoms with E-state index in [9.17, 15) is 4.79 Å². The molecule has 2 aromatic heterocycles. The minimum absolute atomic E-state index is 0.255. The maximum absolute atomic E-state index is 11.6. The van der Waals surface area contributed by atoms with Gasteiger partial charge in [0.05, 0.1) is 29.7 Å². The lowest BCUT2D eigenvalue weighted by Gasteiger charge is -2.10. The van der Waals surface area contributed by atoms with Crippen molar-refractivity contribution in [2.24, 2.45) is 7.05 Å². The summed E-state index contributed by atoms with van der Waals surface area (Å²) in [5, 5.41) is 7.43. The number of aromatic nitrogens is 3. The second kappa shape index (κ2) is 5.60. The van der Waals surface area contributed by atoms with Crippen molar-refractivity contribution in [3.8, 4) is 0 Å². The number of nitrogens with zero attached hydrogens (tertiary/aromatic N) is 3. The number of carbonyl (C=O) groups is 1. The van der Waals surface area contributed by atoms with E-state index in [1.54, 1.807) is 4.68 Å². The lowest BCUT2D eigenvalue weighted by Crippen LogP contribution is -2.09. The average Bonchev–Trinajstić information content (AvgIpc) is 2.80. The van der Waals surface area contributed by atoms with Gasteiger partial charge in [-0.3, -0.25) is 4.68 Å². The first-order valence-electron chi connectivity index (χ1n) is 6.19. The highest BCUT2D eigenvalue weighted by Crippen LogP contribution is 2.26. The van der Waals surface area contributed by atoms with Crippen LogP contribution in [-0.4, -0.2) is 27.8 Å². The van der Waals surface area contributed by atoms with Crippen LogP contribution in [0.4, 0.5) is 17.2 Å². The Morgan fingerprint density at radius 1 is 1.55 bits per heavy atom. The second-order valence-electron chi connectivity index (χ2n) is 4.25. The first-order chi connectivity index (χ1) is 9.56. The normalized spacial score (nSPS) is 10.3. The topological polar surface area (TPSA) is 95.1 Å². The molecule has 2 heterocycles. The van der Waals surface area contributed by atoms with Gasteiger partial charge in [0, 0.05) is 19.4 Å². The third kappa shape index (κ3) is 2.56. The standard InChI is InChI=1S/C13H17N5O2/c1-4-9-10(7-18(2)17-9)16-12-11(14)8(5-6-15-12)13(19)20-3/h5-7H,4,14H2,1-3H3,(H,15,16). The highest BCUT2D eigenvalue weighted by Gasteiger charge is 2.15. The van der Waals surface area contributed by atoms with Crippen molar-refractivity contribution in [3.63, 3.8) is 0 Å². The lowest BCUT2D eigenvalue weighted by molar-refractivity contribution is 0.0602. The number of ether oxygens (including phenoxy) is 1. The molecule has 0 spiro atoms. The van der Waals surface area contributed by atoms with E-state index in [1.165, 1.54) is 19.4 Å². The van der Waals surface area contributed by atoms with Crippen molar-refractivity contribution in [3.05, 3.63) is 29.7 Å². The third-order valence-corrected chi connectivity index (χ3v) is 2.89. The van der Waals surface area contributed by atoms with E-state index in [4.69, 9.17) is 5.73 Å². The van der Waals surface area contributed by atoms with Gasteiger partial charge in [0.1, 0.15) is 0 Å². The van der Waals surface area contributed by atoms with Crippen LogP contribution in [0.5, 0.6) is 0 Å². The number of rotatable bonds is 4. The number of nitrogens with two attached hydrogens (primary N) is 1. The molecule has 7 heteroatoms. The van der Waals surface area contributed by atoms with E-state index in [2.05, 4.69) is 20.1 Å². The first-order valence-corrected chi connectivity index (χ1v) is 6.19. The van der Waals surface area contributed by atoms with Crippen LogP contribution in [0.15, 0.2) is 18.5 Å². The predicted octanol–water partition coefficient (Wildman–Crippen LogP) is 1.49. The van der Waals surface area contributed by atoms with Crippen LogP contribution in [0.2, 0.25) is 0 Å². The maximum atomic E-state index is 11.6. The summed E-state index contributed by atoms with van der Waals surface area (Å²) >= 11 is 0. The van der Waals surface area contributed by atoms with Crippen LogP contribution in [0, 0.1) is 0 Å². The molecule has 0 bridgehead atoms. The zero-order valence-electron chi connectivity index (χ0n) is 11.7. The smallest absolute Gasteiger partial charge is 0.340 e. The zero-order valence-corrected chi connectivity index (χ0v) is 11.7. The maximum Gasteiger partial charge on any atom is 0.340 e. The Labute approximate surface area is 116 Å². The van der Waals surface area contributed by atoms with Crippen LogP contribution in [0.1, 0.15) is 23.0 Å². The van der Waals surface area contributed by atoms with Gasteiger partial charge in [-0.1, -0.05) is 6.92 Å². The van der Waals surface area contributed by atoms with Gasteiger partial charge in [0.2, 0.25) is 0 Å². The van der Waals surface area contributed by atoms with Gasteiger partial charge in [-0.05, 0) is 12.5 Å². The Balaban J connectivity index is 2.36. The minimum Gasteiger partial charge on any atom is -0.465 e. The van der Waals surface area contributed by atoms with Crippen molar-refractivity contribution in [1.29, 1.82) is 0 Å². The molecule has 20 heavy (non-hydrogen) atoms. The van der Waals surface area contributed by atoms with E-state index in [-0.39, 0.29) is 11.3 Å². The van der Waals surface area contributed by atoms with E-state index in [1.807, 2.05) is 20.2 Å². The molecule has 7 nitrogen and oxygen atoms in total. The Kier molecular flexibility index (Phi) is 3.88. The lowest BCUT2D eigenvalue weighted by atomic mass is 10.2. The molecular weight excluding hydrogens is 258 g/mol. The predicted molar refractivity (Wildman–Crippen MR) is 75.9 cm³/mol. The summed E-state index contributed by atoms with van der Waals surface area (Å²) in [4.78, 5) is 15.7. The number of anilines is 3. The summed E-state index contributed by atoms with van der Waals surface area (Å²) < 4.78 is 6.39. The van der Waals surface area contributed by atoms with Crippen LogP contribution in [0.25, 0.3) is 0 Å². The van der Waals surface area contributed by atoms with E-state index in [0.29, 0.717) is 5.82 Å². The summed E-state index contributed by atoms with van der Waals surface area (Å²) in [5.41, 5.74) is 8.21. The summed E-state index contributed by atoms with van der Waals surface area (Å²) in [6.45, 7) is 2.01. The summed E-state index contributed by atoms with van der Waals surface area (Å²) in [5.74, 6) is -0.0783. The largest absolute Gasteiger partial charge is 0.465 e. The molecule has 0 aliphatic carbocycles.